The number of thiophene rings is 1. The Labute approximate surface area is 194 Å². The van der Waals surface area contributed by atoms with E-state index in [0.717, 1.165) is 29.5 Å². The topological polar surface area (TPSA) is 84.3 Å². The first-order chi connectivity index (χ1) is 16.1. The zero-order chi connectivity index (χ0) is 22.8. The summed E-state index contributed by atoms with van der Waals surface area (Å²) in [5, 5.41) is 15.3. The molecular formula is C25H22FN3O3S. The molecule has 0 unspecified atom stereocenters. The smallest absolute Gasteiger partial charge is 0.339 e. The highest BCUT2D eigenvalue weighted by Crippen LogP contribution is 2.32. The Morgan fingerprint density at radius 1 is 1.18 bits per heavy atom. The highest BCUT2D eigenvalue weighted by molar-refractivity contribution is 7.17. The number of carboxylic acids is 1. The van der Waals surface area contributed by atoms with E-state index in [1.807, 2.05) is 23.6 Å². The molecule has 2 aromatic heterocycles. The molecule has 0 spiro atoms. The lowest BCUT2D eigenvalue weighted by molar-refractivity contribution is 0.0680. The first kappa shape index (κ1) is 21.3. The van der Waals surface area contributed by atoms with Crippen LogP contribution in [0.5, 0.6) is 5.75 Å². The maximum absolute atomic E-state index is 14.7. The zero-order valence-corrected chi connectivity index (χ0v) is 18.6. The van der Waals surface area contributed by atoms with Crippen molar-refractivity contribution in [2.45, 2.75) is 31.8 Å². The second kappa shape index (κ2) is 9.15. The van der Waals surface area contributed by atoms with Crippen LogP contribution in [0.25, 0.3) is 21.3 Å². The van der Waals surface area contributed by atoms with Gasteiger partial charge in [-0.3, -0.25) is 0 Å². The summed E-state index contributed by atoms with van der Waals surface area (Å²) in [6.45, 7) is 0.511. The second-order valence-corrected chi connectivity index (χ2v) is 8.97. The van der Waals surface area contributed by atoms with Crippen molar-refractivity contribution in [3.05, 3.63) is 71.1 Å². The number of anilines is 1. The van der Waals surface area contributed by atoms with Gasteiger partial charge in [0.15, 0.2) is 0 Å². The second-order valence-electron chi connectivity index (χ2n) is 8.02. The summed E-state index contributed by atoms with van der Waals surface area (Å²) in [6.07, 6.45) is 5.00. The van der Waals surface area contributed by atoms with Gasteiger partial charge in [-0.1, -0.05) is 12.1 Å². The van der Waals surface area contributed by atoms with Crippen molar-refractivity contribution in [3.63, 3.8) is 0 Å². The Kier molecular flexibility index (Phi) is 5.92. The third-order valence-electron chi connectivity index (χ3n) is 5.87. The molecule has 1 fully saturated rings. The largest absolute Gasteiger partial charge is 0.490 e. The van der Waals surface area contributed by atoms with Crippen LogP contribution in [-0.4, -0.2) is 33.7 Å². The lowest BCUT2D eigenvalue weighted by Crippen LogP contribution is -2.25. The van der Waals surface area contributed by atoms with Gasteiger partial charge in [0.1, 0.15) is 29.3 Å². The molecule has 0 bridgehead atoms. The normalized spacial score (nSPS) is 13.6. The number of nitrogens with zero attached hydrogens (tertiary/aromatic N) is 2. The number of aromatic nitrogens is 2. The van der Waals surface area contributed by atoms with E-state index in [1.54, 1.807) is 24.3 Å². The van der Waals surface area contributed by atoms with Gasteiger partial charge >= 0.3 is 5.97 Å². The Balaban J connectivity index is 1.30. The number of carbonyl (C=O) groups is 1. The third-order valence-corrected chi connectivity index (χ3v) is 6.75. The van der Waals surface area contributed by atoms with Gasteiger partial charge in [-0.15, -0.1) is 11.3 Å². The van der Waals surface area contributed by atoms with Crippen LogP contribution < -0.4 is 10.1 Å². The van der Waals surface area contributed by atoms with Gasteiger partial charge in [-0.25, -0.2) is 19.2 Å². The summed E-state index contributed by atoms with van der Waals surface area (Å²) in [4.78, 5) is 20.2. The molecule has 0 aliphatic heterocycles. The molecule has 0 amide bonds. The molecule has 8 heteroatoms. The fourth-order valence-corrected chi connectivity index (χ4v) is 4.59. The average molecular weight is 464 g/mol. The Morgan fingerprint density at radius 2 is 2.06 bits per heavy atom. The van der Waals surface area contributed by atoms with E-state index in [9.17, 15) is 14.3 Å². The Hall–Kier alpha value is -3.52. The molecule has 1 saturated carbocycles. The third kappa shape index (κ3) is 4.52. The molecule has 0 saturated heterocycles. The molecule has 6 nitrogen and oxygen atoms in total. The number of aromatic carboxylic acids is 1. The molecule has 33 heavy (non-hydrogen) atoms. The lowest BCUT2D eigenvalue weighted by Gasteiger charge is -2.27. The molecule has 0 atom stereocenters. The fourth-order valence-electron chi connectivity index (χ4n) is 3.81. The van der Waals surface area contributed by atoms with Crippen LogP contribution in [-0.2, 0) is 6.42 Å². The van der Waals surface area contributed by atoms with Crippen LogP contribution in [0.15, 0.2) is 54.2 Å². The van der Waals surface area contributed by atoms with Crippen LogP contribution in [0.4, 0.5) is 10.2 Å². The monoisotopic (exact) mass is 463 g/mol. The Bertz CT molecular complexity index is 1320. The van der Waals surface area contributed by atoms with E-state index >= 15 is 0 Å². The van der Waals surface area contributed by atoms with Crippen molar-refractivity contribution in [1.82, 2.24) is 9.97 Å². The van der Waals surface area contributed by atoms with Crippen molar-refractivity contribution in [2.75, 3.05) is 11.9 Å². The number of rotatable bonds is 8. The van der Waals surface area contributed by atoms with Crippen LogP contribution in [0.2, 0.25) is 0 Å². The minimum Gasteiger partial charge on any atom is -0.490 e. The maximum atomic E-state index is 14.7. The fraction of sp³-hybridized carbons (Fsp3) is 0.240. The summed E-state index contributed by atoms with van der Waals surface area (Å²) in [5.41, 5.74) is 2.19. The van der Waals surface area contributed by atoms with Gasteiger partial charge in [0.25, 0.3) is 0 Å². The molecule has 4 aromatic rings. The number of benzene rings is 2. The van der Waals surface area contributed by atoms with Crippen LogP contribution in [0, 0.1) is 5.82 Å². The summed E-state index contributed by atoms with van der Waals surface area (Å²) >= 11 is 1.53. The van der Waals surface area contributed by atoms with Crippen molar-refractivity contribution in [2.24, 2.45) is 0 Å². The predicted octanol–water partition coefficient (Wildman–Crippen LogP) is 5.78. The van der Waals surface area contributed by atoms with Gasteiger partial charge in [0, 0.05) is 28.3 Å². The average Bonchev–Trinajstić information content (AvgIpc) is 3.27. The van der Waals surface area contributed by atoms with Crippen LogP contribution in [0.1, 0.15) is 35.2 Å². The molecule has 0 radical (unpaired) electrons. The molecule has 1 aliphatic carbocycles. The first-order valence-electron chi connectivity index (χ1n) is 10.8. The summed E-state index contributed by atoms with van der Waals surface area (Å²) < 4.78 is 21.5. The molecule has 168 valence electrons. The van der Waals surface area contributed by atoms with Gasteiger partial charge < -0.3 is 15.2 Å². The number of carboxylic acid groups (broad SMARTS) is 1. The lowest BCUT2D eigenvalue weighted by atomic mass is 9.96. The summed E-state index contributed by atoms with van der Waals surface area (Å²) in [7, 11) is 0. The van der Waals surface area contributed by atoms with Crippen molar-refractivity contribution < 1.29 is 19.0 Å². The number of hydrogen-bond donors (Lipinski definition) is 2. The number of hydrogen-bond acceptors (Lipinski definition) is 6. The maximum Gasteiger partial charge on any atom is 0.339 e. The van der Waals surface area contributed by atoms with E-state index in [1.165, 1.54) is 17.7 Å². The quantitative estimate of drug-likeness (QED) is 0.345. The van der Waals surface area contributed by atoms with Gasteiger partial charge in [0.05, 0.1) is 11.8 Å². The highest BCUT2D eigenvalue weighted by atomic mass is 32.1. The zero-order valence-electron chi connectivity index (χ0n) is 17.8. The summed E-state index contributed by atoms with van der Waals surface area (Å²) in [6, 6.07) is 12.4. The van der Waals surface area contributed by atoms with Crippen LogP contribution >= 0.6 is 11.3 Å². The van der Waals surface area contributed by atoms with E-state index in [0.29, 0.717) is 41.2 Å². The number of ether oxygens (including phenoxy) is 1. The number of halogens is 1. The highest BCUT2D eigenvalue weighted by Gasteiger charge is 2.22. The first-order valence-corrected chi connectivity index (χ1v) is 11.7. The van der Waals surface area contributed by atoms with Gasteiger partial charge in [0.2, 0.25) is 0 Å². The molecule has 2 N–H and O–H groups in total. The van der Waals surface area contributed by atoms with Gasteiger partial charge in [-0.2, -0.15) is 0 Å². The molecule has 1 aliphatic rings. The summed E-state index contributed by atoms with van der Waals surface area (Å²) in [5.74, 6) is -0.219. The molecule has 5 rings (SSSR count). The number of fused-ring (bicyclic) bond motifs is 1. The van der Waals surface area contributed by atoms with Gasteiger partial charge in [-0.05, 0) is 60.9 Å². The van der Waals surface area contributed by atoms with E-state index in [2.05, 4.69) is 15.3 Å². The molecular weight excluding hydrogens is 441 g/mol. The minimum absolute atomic E-state index is 0.0645. The Morgan fingerprint density at radius 3 is 2.85 bits per heavy atom. The van der Waals surface area contributed by atoms with Crippen molar-refractivity contribution in [3.8, 4) is 17.0 Å². The number of nitrogens with one attached hydrogen (secondary N) is 1. The standard InChI is InChI=1S/C25H22FN3O3S/c26-24-15(5-7-22-19(24)9-11-33-22)8-10-27-23-13-20(28-14-29-23)16-4-6-18(25(30)31)21(12-16)32-17-2-1-3-17/h4-7,9,11-14,17H,1-3,8,10H2,(H,30,31)(H,27,28,29). The molecule has 2 aromatic carbocycles. The van der Waals surface area contributed by atoms with Crippen molar-refractivity contribution >= 4 is 33.2 Å². The molecule has 2 heterocycles. The van der Waals surface area contributed by atoms with E-state index < -0.39 is 5.97 Å². The van der Waals surface area contributed by atoms with E-state index in [4.69, 9.17) is 4.74 Å². The minimum atomic E-state index is -1.02. The van der Waals surface area contributed by atoms with Crippen molar-refractivity contribution in [1.29, 1.82) is 0 Å². The SMILES string of the molecule is O=C(O)c1ccc(-c2cc(NCCc3ccc4sccc4c3F)ncn2)cc1OC1CCC1. The predicted molar refractivity (Wildman–Crippen MR) is 127 cm³/mol. The van der Waals surface area contributed by atoms with E-state index in [-0.39, 0.29) is 17.5 Å². The van der Waals surface area contributed by atoms with Crippen LogP contribution in [0.3, 0.4) is 0 Å².